The van der Waals surface area contributed by atoms with Crippen LogP contribution in [0.2, 0.25) is 0 Å². The molecular formula is C23H37NO3. The van der Waals surface area contributed by atoms with Crippen LogP contribution >= 0.6 is 0 Å². The molecule has 4 heteroatoms. The Hall–Kier alpha value is -1.20. The number of likely N-dealkylation sites (tertiary alicyclic amines) is 1. The van der Waals surface area contributed by atoms with Crippen molar-refractivity contribution in [1.82, 2.24) is 4.90 Å². The summed E-state index contributed by atoms with van der Waals surface area (Å²) in [7, 11) is 0. The van der Waals surface area contributed by atoms with Gasteiger partial charge in [-0.2, -0.15) is 0 Å². The van der Waals surface area contributed by atoms with Crippen LogP contribution in [0.5, 0.6) is 0 Å². The van der Waals surface area contributed by atoms with E-state index in [9.17, 15) is 10.2 Å². The summed E-state index contributed by atoms with van der Waals surface area (Å²) < 4.78 is 6.00. The fraction of sp³-hybridized carbons (Fsp3) is 0.652. The molecule has 3 atom stereocenters. The van der Waals surface area contributed by atoms with Gasteiger partial charge in [-0.1, -0.05) is 36.4 Å². The van der Waals surface area contributed by atoms with E-state index < -0.39 is 6.10 Å². The predicted octanol–water partition coefficient (Wildman–Crippen LogP) is 4.04. The van der Waals surface area contributed by atoms with Gasteiger partial charge in [0, 0.05) is 23.5 Å². The summed E-state index contributed by atoms with van der Waals surface area (Å²) in [5, 5.41) is 20.8. The highest BCUT2D eigenvalue weighted by Crippen LogP contribution is 2.48. The first kappa shape index (κ1) is 22.1. The zero-order valence-corrected chi connectivity index (χ0v) is 17.8. The molecular weight excluding hydrogens is 338 g/mol. The molecule has 0 amide bonds. The molecule has 1 fully saturated rings. The largest absolute Gasteiger partial charge is 0.395 e. The quantitative estimate of drug-likeness (QED) is 0.706. The molecule has 0 aromatic heterocycles. The number of hydrogen-bond acceptors (Lipinski definition) is 4. The second kappa shape index (κ2) is 8.44. The molecule has 0 spiro atoms. The molecule has 0 saturated carbocycles. The van der Waals surface area contributed by atoms with E-state index in [0.29, 0.717) is 19.6 Å². The number of nitrogens with zero attached hydrogens (tertiary/aromatic N) is 1. The summed E-state index contributed by atoms with van der Waals surface area (Å²) in [6.45, 7) is 17.8. The third-order valence-corrected chi connectivity index (χ3v) is 5.95. The zero-order valence-electron chi connectivity index (χ0n) is 17.8. The maximum absolute atomic E-state index is 11.2. The summed E-state index contributed by atoms with van der Waals surface area (Å²) in [6, 6.07) is 8.26. The first-order chi connectivity index (χ1) is 12.5. The van der Waals surface area contributed by atoms with Gasteiger partial charge < -0.3 is 14.9 Å². The molecule has 1 heterocycles. The standard InChI is InChI=1S/C23H37NO3/c1-16(2)15-27-17(3)18-10-8-9-11-19(18)21-20(26)14-22(4,5)24(12-13-25)23(21,6)7/h8-11,17,20-21,25-26H,1,12-15H2,2-7H3. The van der Waals surface area contributed by atoms with Crippen molar-refractivity contribution in [3.63, 3.8) is 0 Å². The topological polar surface area (TPSA) is 52.9 Å². The van der Waals surface area contributed by atoms with Crippen LogP contribution in [0.15, 0.2) is 36.4 Å². The van der Waals surface area contributed by atoms with Gasteiger partial charge in [-0.15, -0.1) is 0 Å². The lowest BCUT2D eigenvalue weighted by atomic mass is 9.67. The van der Waals surface area contributed by atoms with E-state index in [0.717, 1.165) is 16.7 Å². The SMILES string of the molecule is C=C(C)COC(C)c1ccccc1C1C(O)CC(C)(C)N(CCO)C1(C)C. The van der Waals surface area contributed by atoms with Gasteiger partial charge in [0.25, 0.3) is 0 Å². The van der Waals surface area contributed by atoms with Gasteiger partial charge in [-0.05, 0) is 59.1 Å². The van der Waals surface area contributed by atoms with Crippen molar-refractivity contribution in [3.8, 4) is 0 Å². The van der Waals surface area contributed by atoms with E-state index in [1.165, 1.54) is 0 Å². The van der Waals surface area contributed by atoms with E-state index in [1.807, 2.05) is 19.1 Å². The number of rotatable bonds is 7. The normalized spacial score (nSPS) is 25.9. The fourth-order valence-electron chi connectivity index (χ4n) is 4.96. The molecule has 1 aliphatic rings. The molecule has 152 valence electrons. The Bertz CT molecular complexity index is 653. The van der Waals surface area contributed by atoms with Crippen molar-refractivity contribution in [2.75, 3.05) is 19.8 Å². The first-order valence-corrected chi connectivity index (χ1v) is 9.94. The summed E-state index contributed by atoms with van der Waals surface area (Å²) in [4.78, 5) is 2.34. The van der Waals surface area contributed by atoms with E-state index >= 15 is 0 Å². The van der Waals surface area contributed by atoms with Crippen LogP contribution in [0.4, 0.5) is 0 Å². The van der Waals surface area contributed by atoms with Crippen molar-refractivity contribution in [2.45, 2.75) is 77.2 Å². The minimum Gasteiger partial charge on any atom is -0.395 e. The van der Waals surface area contributed by atoms with Gasteiger partial charge in [0.2, 0.25) is 0 Å². The van der Waals surface area contributed by atoms with Gasteiger partial charge in [0.15, 0.2) is 0 Å². The van der Waals surface area contributed by atoms with Gasteiger partial charge >= 0.3 is 0 Å². The summed E-state index contributed by atoms with van der Waals surface area (Å²) in [5.74, 6) is -0.0656. The second-order valence-corrected chi connectivity index (χ2v) is 9.13. The molecule has 1 aliphatic heterocycles. The van der Waals surface area contributed by atoms with Crippen LogP contribution in [0.25, 0.3) is 0 Å². The van der Waals surface area contributed by atoms with Gasteiger partial charge in [-0.25, -0.2) is 0 Å². The summed E-state index contributed by atoms with van der Waals surface area (Å²) in [5.41, 5.74) is 2.74. The molecule has 2 N–H and O–H groups in total. The number of β-amino-alcohol motifs (C(OH)–C–C–N with tert-alkyl or cyclic N) is 1. The lowest BCUT2D eigenvalue weighted by Crippen LogP contribution is -2.66. The Kier molecular flexibility index (Phi) is 6.91. The average Bonchev–Trinajstić information content (AvgIpc) is 2.56. The summed E-state index contributed by atoms with van der Waals surface area (Å²) in [6.07, 6.45) is 0.123. The number of piperidine rings is 1. The molecule has 0 bridgehead atoms. The van der Waals surface area contributed by atoms with Gasteiger partial charge in [0.05, 0.1) is 25.4 Å². The Morgan fingerprint density at radius 2 is 1.93 bits per heavy atom. The van der Waals surface area contributed by atoms with Crippen molar-refractivity contribution in [3.05, 3.63) is 47.5 Å². The van der Waals surface area contributed by atoms with E-state index in [-0.39, 0.29) is 29.7 Å². The highest BCUT2D eigenvalue weighted by molar-refractivity contribution is 5.36. The van der Waals surface area contributed by atoms with Crippen molar-refractivity contribution < 1.29 is 14.9 Å². The molecule has 0 radical (unpaired) electrons. The summed E-state index contributed by atoms with van der Waals surface area (Å²) >= 11 is 0. The third-order valence-electron chi connectivity index (χ3n) is 5.95. The average molecular weight is 376 g/mol. The molecule has 0 aliphatic carbocycles. The van der Waals surface area contributed by atoms with Crippen LogP contribution in [0.3, 0.4) is 0 Å². The monoisotopic (exact) mass is 375 g/mol. The third kappa shape index (κ3) is 4.62. The lowest BCUT2D eigenvalue weighted by Gasteiger charge is -2.58. The smallest absolute Gasteiger partial charge is 0.0804 e. The first-order valence-electron chi connectivity index (χ1n) is 9.94. The van der Waals surface area contributed by atoms with Crippen LogP contribution in [0, 0.1) is 0 Å². The number of aliphatic hydroxyl groups excluding tert-OH is 2. The second-order valence-electron chi connectivity index (χ2n) is 9.13. The zero-order chi connectivity index (χ0) is 20.4. The number of hydrogen-bond donors (Lipinski definition) is 2. The Labute approximate surface area is 164 Å². The molecule has 4 nitrogen and oxygen atoms in total. The molecule has 1 aromatic rings. The van der Waals surface area contributed by atoms with Gasteiger partial charge in [-0.3, -0.25) is 4.90 Å². The van der Waals surface area contributed by atoms with Crippen LogP contribution in [-0.4, -0.2) is 52.1 Å². The van der Waals surface area contributed by atoms with E-state index in [1.54, 1.807) is 0 Å². The number of benzene rings is 1. The van der Waals surface area contributed by atoms with Crippen molar-refractivity contribution >= 4 is 0 Å². The Balaban J connectivity index is 2.45. The van der Waals surface area contributed by atoms with Crippen molar-refractivity contribution in [2.24, 2.45) is 0 Å². The lowest BCUT2D eigenvalue weighted by molar-refractivity contribution is -0.103. The Morgan fingerprint density at radius 1 is 1.30 bits per heavy atom. The predicted molar refractivity (Wildman–Crippen MR) is 111 cm³/mol. The molecule has 1 saturated heterocycles. The van der Waals surface area contributed by atoms with E-state index in [2.05, 4.69) is 58.2 Å². The number of aliphatic hydroxyl groups is 2. The minimum atomic E-state index is -0.459. The van der Waals surface area contributed by atoms with Crippen LogP contribution in [-0.2, 0) is 4.74 Å². The minimum absolute atomic E-state index is 0.0656. The maximum Gasteiger partial charge on any atom is 0.0804 e. The van der Waals surface area contributed by atoms with Crippen LogP contribution in [0.1, 0.15) is 71.1 Å². The number of ether oxygens (including phenoxy) is 1. The molecule has 2 rings (SSSR count). The highest BCUT2D eigenvalue weighted by Gasteiger charge is 2.52. The molecule has 1 aromatic carbocycles. The highest BCUT2D eigenvalue weighted by atomic mass is 16.5. The Morgan fingerprint density at radius 3 is 2.52 bits per heavy atom. The van der Waals surface area contributed by atoms with Gasteiger partial charge in [0.1, 0.15) is 0 Å². The van der Waals surface area contributed by atoms with Crippen molar-refractivity contribution in [1.29, 1.82) is 0 Å². The molecule has 27 heavy (non-hydrogen) atoms. The van der Waals surface area contributed by atoms with E-state index in [4.69, 9.17) is 4.74 Å². The fourth-order valence-corrected chi connectivity index (χ4v) is 4.96. The van der Waals surface area contributed by atoms with Crippen LogP contribution < -0.4 is 0 Å². The maximum atomic E-state index is 11.2. The molecule has 3 unspecified atom stereocenters.